The number of pyridine rings is 1. The van der Waals surface area contributed by atoms with Gasteiger partial charge < -0.3 is 9.64 Å². The Kier molecular flexibility index (Phi) is 7.45. The van der Waals surface area contributed by atoms with E-state index in [1.165, 1.54) is 12.8 Å². The molecule has 0 unspecified atom stereocenters. The molecule has 1 amide bonds. The van der Waals surface area contributed by atoms with Crippen molar-refractivity contribution in [1.29, 1.82) is 0 Å². The van der Waals surface area contributed by atoms with Crippen molar-refractivity contribution in [1.82, 2.24) is 9.47 Å². The van der Waals surface area contributed by atoms with E-state index >= 15 is 0 Å². The Labute approximate surface area is 186 Å². The molecule has 170 valence electrons. The van der Waals surface area contributed by atoms with Gasteiger partial charge in [0.25, 0.3) is 5.56 Å². The molecule has 0 atom stereocenters. The number of rotatable bonds is 8. The van der Waals surface area contributed by atoms with Gasteiger partial charge in [0.15, 0.2) is 0 Å². The van der Waals surface area contributed by atoms with Gasteiger partial charge in [-0.1, -0.05) is 47.0 Å². The molecule has 5 nitrogen and oxygen atoms in total. The summed E-state index contributed by atoms with van der Waals surface area (Å²) >= 11 is 0. The van der Waals surface area contributed by atoms with E-state index in [1.54, 1.807) is 11.7 Å². The first kappa shape index (κ1) is 23.4. The topological polar surface area (TPSA) is 51.5 Å². The molecule has 0 spiro atoms. The van der Waals surface area contributed by atoms with Crippen molar-refractivity contribution in [3.8, 4) is 5.75 Å². The van der Waals surface area contributed by atoms with Crippen molar-refractivity contribution < 1.29 is 9.53 Å². The number of unbranched alkanes of at least 4 members (excludes halogenated alkanes) is 1. The first-order valence-electron chi connectivity index (χ1n) is 11.7. The summed E-state index contributed by atoms with van der Waals surface area (Å²) in [6.45, 7) is 10.1. The Bertz CT molecular complexity index is 965. The Morgan fingerprint density at radius 3 is 2.52 bits per heavy atom. The minimum absolute atomic E-state index is 0.00530. The van der Waals surface area contributed by atoms with Crippen LogP contribution in [0.1, 0.15) is 77.7 Å². The van der Waals surface area contributed by atoms with Gasteiger partial charge >= 0.3 is 0 Å². The van der Waals surface area contributed by atoms with E-state index in [-0.39, 0.29) is 23.4 Å². The van der Waals surface area contributed by atoms with Crippen LogP contribution in [0.5, 0.6) is 5.75 Å². The van der Waals surface area contributed by atoms with Gasteiger partial charge in [0.05, 0.1) is 12.6 Å². The van der Waals surface area contributed by atoms with Crippen molar-refractivity contribution in [3.05, 3.63) is 40.2 Å². The molecule has 1 aliphatic rings. The van der Waals surface area contributed by atoms with Crippen molar-refractivity contribution in [2.24, 2.45) is 5.41 Å². The number of carbonyl (C=O) groups excluding carboxylic acids is 1. The van der Waals surface area contributed by atoms with E-state index < -0.39 is 0 Å². The maximum absolute atomic E-state index is 13.6. The summed E-state index contributed by atoms with van der Waals surface area (Å²) in [7, 11) is 1.62. The number of hydrogen-bond acceptors (Lipinski definition) is 3. The standard InChI is InChI=1S/C26H38N2O3/c1-6-7-14-27(18-26(2,3)4)24(29)17-28-23-16-21(31-5)13-12-20(23)15-22(25(28)30)19-10-8-9-11-19/h12-13,15-16,19H,6-11,14,17-18H2,1-5H3. The average Bonchev–Trinajstić information content (AvgIpc) is 3.26. The Balaban J connectivity index is 2.04. The van der Waals surface area contributed by atoms with Gasteiger partial charge in [-0.2, -0.15) is 0 Å². The molecule has 3 rings (SSSR count). The third kappa shape index (κ3) is 5.69. The van der Waals surface area contributed by atoms with Crippen LogP contribution in [0.25, 0.3) is 10.9 Å². The summed E-state index contributed by atoms with van der Waals surface area (Å²) in [5.41, 5.74) is 1.61. The monoisotopic (exact) mass is 426 g/mol. The van der Waals surface area contributed by atoms with E-state index in [0.717, 1.165) is 48.7 Å². The first-order valence-corrected chi connectivity index (χ1v) is 11.7. The van der Waals surface area contributed by atoms with Crippen molar-refractivity contribution >= 4 is 16.8 Å². The van der Waals surface area contributed by atoms with E-state index in [1.807, 2.05) is 29.2 Å². The lowest BCUT2D eigenvalue weighted by Crippen LogP contribution is -2.42. The largest absolute Gasteiger partial charge is 0.497 e. The number of nitrogens with zero attached hydrogens (tertiary/aromatic N) is 2. The molecule has 1 saturated carbocycles. The normalized spacial score (nSPS) is 14.9. The molecular formula is C26H38N2O3. The summed E-state index contributed by atoms with van der Waals surface area (Å²) in [6.07, 6.45) is 6.44. The van der Waals surface area contributed by atoms with Gasteiger partial charge in [-0.25, -0.2) is 0 Å². The highest BCUT2D eigenvalue weighted by atomic mass is 16.5. The number of carbonyl (C=O) groups is 1. The van der Waals surface area contributed by atoms with E-state index in [2.05, 4.69) is 27.7 Å². The Morgan fingerprint density at radius 2 is 1.90 bits per heavy atom. The van der Waals surface area contributed by atoms with Gasteiger partial charge in [-0.3, -0.25) is 14.2 Å². The lowest BCUT2D eigenvalue weighted by Gasteiger charge is -2.30. The fourth-order valence-corrected chi connectivity index (χ4v) is 4.64. The number of benzene rings is 1. The average molecular weight is 427 g/mol. The van der Waals surface area contributed by atoms with Gasteiger partial charge in [0.1, 0.15) is 12.3 Å². The number of aromatic nitrogens is 1. The van der Waals surface area contributed by atoms with E-state index in [0.29, 0.717) is 18.2 Å². The molecule has 1 aliphatic carbocycles. The lowest BCUT2D eigenvalue weighted by atomic mass is 9.95. The quantitative estimate of drug-likeness (QED) is 0.572. The van der Waals surface area contributed by atoms with Crippen LogP contribution < -0.4 is 10.3 Å². The number of amides is 1. The molecule has 0 aliphatic heterocycles. The summed E-state index contributed by atoms with van der Waals surface area (Å²) in [5, 5.41) is 0.992. The molecule has 0 bridgehead atoms. The zero-order valence-electron chi connectivity index (χ0n) is 19.9. The predicted octanol–water partition coefficient (Wildman–Crippen LogP) is 5.34. The van der Waals surface area contributed by atoms with Crippen LogP contribution in [-0.2, 0) is 11.3 Å². The summed E-state index contributed by atoms with van der Waals surface area (Å²) in [6, 6.07) is 7.84. The summed E-state index contributed by atoms with van der Waals surface area (Å²) < 4.78 is 7.10. The minimum atomic E-state index is -0.0211. The predicted molar refractivity (Wildman–Crippen MR) is 127 cm³/mol. The van der Waals surface area contributed by atoms with Crippen molar-refractivity contribution in [2.45, 2.75) is 78.7 Å². The zero-order valence-corrected chi connectivity index (χ0v) is 19.9. The number of hydrogen-bond donors (Lipinski definition) is 0. The van der Waals surface area contributed by atoms with Gasteiger partial charge in [-0.15, -0.1) is 0 Å². The molecule has 0 saturated heterocycles. The van der Waals surface area contributed by atoms with Crippen LogP contribution in [0.2, 0.25) is 0 Å². The van der Waals surface area contributed by atoms with Gasteiger partial charge in [0.2, 0.25) is 5.91 Å². The highest BCUT2D eigenvalue weighted by Gasteiger charge is 2.25. The number of ether oxygens (including phenoxy) is 1. The minimum Gasteiger partial charge on any atom is -0.497 e. The smallest absolute Gasteiger partial charge is 0.255 e. The Hall–Kier alpha value is -2.30. The maximum Gasteiger partial charge on any atom is 0.255 e. The van der Waals surface area contributed by atoms with Crippen molar-refractivity contribution in [2.75, 3.05) is 20.2 Å². The van der Waals surface area contributed by atoms with Crippen molar-refractivity contribution in [3.63, 3.8) is 0 Å². The highest BCUT2D eigenvalue weighted by Crippen LogP contribution is 2.34. The van der Waals surface area contributed by atoms with E-state index in [9.17, 15) is 9.59 Å². The maximum atomic E-state index is 13.6. The fourth-order valence-electron chi connectivity index (χ4n) is 4.64. The summed E-state index contributed by atoms with van der Waals surface area (Å²) in [5.74, 6) is 1.00. The number of fused-ring (bicyclic) bond motifs is 1. The van der Waals surface area contributed by atoms with E-state index in [4.69, 9.17) is 4.74 Å². The van der Waals surface area contributed by atoms with Crippen LogP contribution in [0.3, 0.4) is 0 Å². The molecule has 1 aromatic carbocycles. The third-order valence-corrected chi connectivity index (χ3v) is 6.22. The fraction of sp³-hybridized carbons (Fsp3) is 0.615. The van der Waals surface area contributed by atoms with Crippen LogP contribution in [0.15, 0.2) is 29.1 Å². The Morgan fingerprint density at radius 1 is 1.19 bits per heavy atom. The molecule has 1 heterocycles. The molecule has 2 aromatic rings. The second-order valence-electron chi connectivity index (χ2n) is 10.1. The molecule has 1 fully saturated rings. The van der Waals surface area contributed by atoms with Gasteiger partial charge in [-0.05, 0) is 54.2 Å². The lowest BCUT2D eigenvalue weighted by molar-refractivity contribution is -0.133. The first-order chi connectivity index (χ1) is 14.7. The SMILES string of the molecule is CCCCN(CC(C)(C)C)C(=O)Cn1c(=O)c(C2CCCC2)cc2ccc(OC)cc21. The third-order valence-electron chi connectivity index (χ3n) is 6.22. The molecule has 1 aromatic heterocycles. The van der Waals surface area contributed by atoms with Gasteiger partial charge in [0, 0.05) is 24.7 Å². The summed E-state index contributed by atoms with van der Waals surface area (Å²) in [4.78, 5) is 28.9. The molecular weight excluding hydrogens is 388 g/mol. The highest BCUT2D eigenvalue weighted by molar-refractivity contribution is 5.84. The number of methoxy groups -OCH3 is 1. The molecule has 0 radical (unpaired) electrons. The van der Waals surface area contributed by atoms with Crippen LogP contribution in [0, 0.1) is 5.41 Å². The van der Waals surface area contributed by atoms with Crippen LogP contribution in [-0.4, -0.2) is 35.6 Å². The molecule has 31 heavy (non-hydrogen) atoms. The second-order valence-corrected chi connectivity index (χ2v) is 10.1. The van der Waals surface area contributed by atoms with Crippen LogP contribution >= 0.6 is 0 Å². The zero-order chi connectivity index (χ0) is 22.6. The second kappa shape index (κ2) is 9.88. The molecule has 5 heteroatoms. The van der Waals surface area contributed by atoms with Crippen LogP contribution in [0.4, 0.5) is 0 Å². The molecule has 0 N–H and O–H groups in total.